The fourth-order valence-corrected chi connectivity index (χ4v) is 2.09. The number of anilines is 1. The van der Waals surface area contributed by atoms with E-state index >= 15 is 0 Å². The van der Waals surface area contributed by atoms with Crippen LogP contribution in [0.15, 0.2) is 36.5 Å². The van der Waals surface area contributed by atoms with Crippen molar-refractivity contribution in [2.45, 2.75) is 13.5 Å². The molecule has 2 aromatic rings. The van der Waals surface area contributed by atoms with E-state index in [1.54, 1.807) is 12.1 Å². The minimum atomic E-state index is -0.390. The van der Waals surface area contributed by atoms with Gasteiger partial charge in [0.1, 0.15) is 0 Å². The van der Waals surface area contributed by atoms with Crippen LogP contribution in [-0.2, 0) is 11.3 Å². The van der Waals surface area contributed by atoms with Gasteiger partial charge in [0.25, 0.3) is 0 Å². The molecular weight excluding hydrogens is 276 g/mol. The molecule has 4 nitrogen and oxygen atoms in total. The summed E-state index contributed by atoms with van der Waals surface area (Å²) in [6.07, 6.45) is 1.50. The molecule has 0 saturated heterocycles. The van der Waals surface area contributed by atoms with Crippen LogP contribution < -0.4 is 5.32 Å². The van der Waals surface area contributed by atoms with Gasteiger partial charge in [-0.2, -0.15) is 0 Å². The molecule has 0 aliphatic carbocycles. The molecule has 20 heavy (non-hydrogen) atoms. The molecule has 0 radical (unpaired) electrons. The second-order valence-corrected chi connectivity index (χ2v) is 4.72. The van der Waals surface area contributed by atoms with Crippen LogP contribution in [0.2, 0.25) is 5.02 Å². The van der Waals surface area contributed by atoms with Crippen molar-refractivity contribution in [2.24, 2.45) is 0 Å². The molecule has 104 valence electrons. The Labute approximate surface area is 122 Å². The first-order valence-electron chi connectivity index (χ1n) is 6.14. The van der Waals surface area contributed by atoms with Gasteiger partial charge in [-0.15, -0.1) is 0 Å². The zero-order chi connectivity index (χ0) is 14.5. The van der Waals surface area contributed by atoms with Gasteiger partial charge in [0.05, 0.1) is 35.6 Å². The van der Waals surface area contributed by atoms with E-state index in [2.05, 4.69) is 15.0 Å². The Balaban J connectivity index is 2.06. The fourth-order valence-electron chi connectivity index (χ4n) is 1.80. The number of rotatable bonds is 4. The largest absolute Gasteiger partial charge is 0.465 e. The lowest BCUT2D eigenvalue weighted by Crippen LogP contribution is -2.06. The average Bonchev–Trinajstić information content (AvgIpc) is 2.46. The lowest BCUT2D eigenvalue weighted by molar-refractivity contribution is 0.0600. The second kappa shape index (κ2) is 6.39. The number of carbonyl (C=O) groups is 1. The number of hydrogen-bond acceptors (Lipinski definition) is 4. The minimum Gasteiger partial charge on any atom is -0.465 e. The maximum absolute atomic E-state index is 11.3. The van der Waals surface area contributed by atoms with Crippen LogP contribution in [0.3, 0.4) is 0 Å². The molecule has 0 unspecified atom stereocenters. The smallest absolute Gasteiger partial charge is 0.339 e. The third-order valence-electron chi connectivity index (χ3n) is 2.91. The van der Waals surface area contributed by atoms with Crippen molar-refractivity contribution in [3.05, 3.63) is 58.4 Å². The third kappa shape index (κ3) is 3.27. The van der Waals surface area contributed by atoms with E-state index in [4.69, 9.17) is 11.6 Å². The molecule has 1 N–H and O–H groups in total. The lowest BCUT2D eigenvalue weighted by Gasteiger charge is -2.11. The summed E-state index contributed by atoms with van der Waals surface area (Å²) in [5.41, 5.74) is 3.22. The Bertz CT molecular complexity index is 592. The first-order valence-corrected chi connectivity index (χ1v) is 6.52. The van der Waals surface area contributed by atoms with E-state index in [0.29, 0.717) is 17.1 Å². The zero-order valence-corrected chi connectivity index (χ0v) is 12.1. The number of esters is 1. The van der Waals surface area contributed by atoms with Crippen molar-refractivity contribution < 1.29 is 9.53 Å². The maximum Gasteiger partial charge on any atom is 0.339 e. The molecule has 0 atom stereocenters. The molecule has 5 heteroatoms. The van der Waals surface area contributed by atoms with Gasteiger partial charge < -0.3 is 10.1 Å². The number of aryl methyl sites for hydroxylation is 1. The van der Waals surface area contributed by atoms with E-state index in [9.17, 15) is 4.79 Å². The monoisotopic (exact) mass is 290 g/mol. The van der Waals surface area contributed by atoms with Gasteiger partial charge in [-0.1, -0.05) is 23.7 Å². The fraction of sp³-hybridized carbons (Fsp3) is 0.200. The number of methoxy groups -OCH3 is 1. The van der Waals surface area contributed by atoms with Crippen LogP contribution in [0.4, 0.5) is 5.69 Å². The summed E-state index contributed by atoms with van der Waals surface area (Å²) < 4.78 is 4.62. The number of halogens is 1. The Morgan fingerprint density at radius 1 is 1.35 bits per heavy atom. The van der Waals surface area contributed by atoms with E-state index in [0.717, 1.165) is 16.9 Å². The number of nitrogens with one attached hydrogen (secondary N) is 1. The van der Waals surface area contributed by atoms with Crippen LogP contribution in [0.25, 0.3) is 0 Å². The standard InChI is InChI=1S/C15H15ClN2O2/c1-10-4-3-5-13(16)14(10)18-9-12-7-6-11(8-17-12)15(19)20-2/h3-8,18H,9H2,1-2H3. The molecule has 1 aromatic heterocycles. The van der Waals surface area contributed by atoms with Crippen LogP contribution in [0.1, 0.15) is 21.6 Å². The summed E-state index contributed by atoms with van der Waals surface area (Å²) in [7, 11) is 1.35. The van der Waals surface area contributed by atoms with Gasteiger partial charge in [-0.25, -0.2) is 4.79 Å². The van der Waals surface area contributed by atoms with Gasteiger partial charge in [-0.3, -0.25) is 4.98 Å². The number of pyridine rings is 1. The average molecular weight is 291 g/mol. The highest BCUT2D eigenvalue weighted by molar-refractivity contribution is 6.33. The summed E-state index contributed by atoms with van der Waals surface area (Å²) in [6.45, 7) is 2.52. The molecule has 0 amide bonds. The highest BCUT2D eigenvalue weighted by Gasteiger charge is 2.06. The van der Waals surface area contributed by atoms with E-state index in [1.165, 1.54) is 13.3 Å². The number of benzene rings is 1. The molecule has 0 spiro atoms. The van der Waals surface area contributed by atoms with Crippen molar-refractivity contribution in [2.75, 3.05) is 12.4 Å². The third-order valence-corrected chi connectivity index (χ3v) is 3.23. The van der Waals surface area contributed by atoms with Gasteiger partial charge in [0.15, 0.2) is 0 Å². The van der Waals surface area contributed by atoms with Crippen molar-refractivity contribution >= 4 is 23.3 Å². The Morgan fingerprint density at radius 2 is 2.15 bits per heavy atom. The SMILES string of the molecule is COC(=O)c1ccc(CNc2c(C)cccc2Cl)nc1. The highest BCUT2D eigenvalue weighted by atomic mass is 35.5. The lowest BCUT2D eigenvalue weighted by atomic mass is 10.2. The summed E-state index contributed by atoms with van der Waals surface area (Å²) in [4.78, 5) is 15.5. The molecular formula is C15H15ClN2O2. The summed E-state index contributed by atoms with van der Waals surface area (Å²) in [5, 5.41) is 3.93. The van der Waals surface area contributed by atoms with Crippen molar-refractivity contribution in [3.8, 4) is 0 Å². The van der Waals surface area contributed by atoms with Gasteiger partial charge >= 0.3 is 5.97 Å². The maximum atomic E-state index is 11.3. The van der Waals surface area contributed by atoms with Crippen molar-refractivity contribution in [1.29, 1.82) is 0 Å². The number of ether oxygens (including phenoxy) is 1. The second-order valence-electron chi connectivity index (χ2n) is 4.32. The molecule has 0 fully saturated rings. The van der Waals surface area contributed by atoms with Gasteiger partial charge in [-0.05, 0) is 30.7 Å². The molecule has 0 saturated carbocycles. The van der Waals surface area contributed by atoms with Crippen LogP contribution in [0, 0.1) is 6.92 Å². The van der Waals surface area contributed by atoms with Gasteiger partial charge in [0.2, 0.25) is 0 Å². The van der Waals surface area contributed by atoms with E-state index < -0.39 is 0 Å². The molecule has 1 heterocycles. The predicted octanol–water partition coefficient (Wildman–Crippen LogP) is 3.44. The molecule has 0 bridgehead atoms. The molecule has 2 rings (SSSR count). The highest BCUT2D eigenvalue weighted by Crippen LogP contribution is 2.25. The van der Waals surface area contributed by atoms with Crippen LogP contribution in [-0.4, -0.2) is 18.1 Å². The molecule has 1 aromatic carbocycles. The first-order chi connectivity index (χ1) is 9.61. The van der Waals surface area contributed by atoms with Crippen molar-refractivity contribution in [3.63, 3.8) is 0 Å². The zero-order valence-electron chi connectivity index (χ0n) is 11.3. The topological polar surface area (TPSA) is 51.2 Å². The van der Waals surface area contributed by atoms with Crippen LogP contribution >= 0.6 is 11.6 Å². The van der Waals surface area contributed by atoms with Crippen LogP contribution in [0.5, 0.6) is 0 Å². The van der Waals surface area contributed by atoms with E-state index in [1.807, 2.05) is 25.1 Å². The molecule has 0 aliphatic heterocycles. The Hall–Kier alpha value is -2.07. The minimum absolute atomic E-state index is 0.390. The first kappa shape index (κ1) is 14.3. The Morgan fingerprint density at radius 3 is 2.75 bits per heavy atom. The number of nitrogens with zero attached hydrogens (tertiary/aromatic N) is 1. The Kier molecular flexibility index (Phi) is 4.58. The van der Waals surface area contributed by atoms with Gasteiger partial charge in [0, 0.05) is 6.20 Å². The number of para-hydroxylation sites is 1. The summed E-state index contributed by atoms with van der Waals surface area (Å²) >= 11 is 6.14. The summed E-state index contributed by atoms with van der Waals surface area (Å²) in [6, 6.07) is 9.21. The molecule has 0 aliphatic rings. The number of carbonyl (C=O) groups excluding carboxylic acids is 1. The van der Waals surface area contributed by atoms with Crippen molar-refractivity contribution in [1.82, 2.24) is 4.98 Å². The van der Waals surface area contributed by atoms with E-state index in [-0.39, 0.29) is 5.97 Å². The normalized spacial score (nSPS) is 10.2. The quantitative estimate of drug-likeness (QED) is 0.876. The number of hydrogen-bond donors (Lipinski definition) is 1. The number of aromatic nitrogens is 1. The summed E-state index contributed by atoms with van der Waals surface area (Å²) in [5.74, 6) is -0.390. The predicted molar refractivity (Wildman–Crippen MR) is 79.1 cm³/mol.